The monoisotopic (exact) mass is 221 g/mol. The molecule has 0 aliphatic carbocycles. The molecule has 1 aromatic carbocycles. The fourth-order valence-corrected chi connectivity index (χ4v) is 2.69. The van der Waals surface area contributed by atoms with Crippen LogP contribution in [0.5, 0.6) is 0 Å². The van der Waals surface area contributed by atoms with Crippen LogP contribution in [0.3, 0.4) is 0 Å². The van der Waals surface area contributed by atoms with Crippen molar-refractivity contribution in [2.24, 2.45) is 5.73 Å². The van der Waals surface area contributed by atoms with Gasteiger partial charge in [-0.3, -0.25) is 0 Å². The van der Waals surface area contributed by atoms with Gasteiger partial charge < -0.3 is 11.1 Å². The Kier molecular flexibility index (Phi) is 2.88. The van der Waals surface area contributed by atoms with Crippen LogP contribution in [0, 0.1) is 13.8 Å². The van der Waals surface area contributed by atoms with Gasteiger partial charge in [0, 0.05) is 13.1 Å². The standard InChI is InChI=1S/C11H15N3S/c1-7-5-8(2)10-9(6-7)15-11(14-10)13-4-3-12/h5-6H,3-4,12H2,1-2H3,(H,13,14). The molecule has 1 aromatic heterocycles. The number of fused-ring (bicyclic) bond motifs is 1. The molecule has 0 spiro atoms. The maximum atomic E-state index is 5.44. The summed E-state index contributed by atoms with van der Waals surface area (Å²) >= 11 is 1.69. The molecule has 0 saturated carbocycles. The molecule has 0 fully saturated rings. The maximum absolute atomic E-state index is 5.44. The van der Waals surface area contributed by atoms with Gasteiger partial charge in [-0.1, -0.05) is 17.4 Å². The second kappa shape index (κ2) is 4.16. The van der Waals surface area contributed by atoms with E-state index < -0.39 is 0 Å². The Bertz CT molecular complexity index is 476. The highest BCUT2D eigenvalue weighted by atomic mass is 32.1. The Morgan fingerprint density at radius 1 is 1.40 bits per heavy atom. The number of rotatable bonds is 3. The minimum absolute atomic E-state index is 0.633. The van der Waals surface area contributed by atoms with Gasteiger partial charge in [-0.25, -0.2) is 4.98 Å². The van der Waals surface area contributed by atoms with E-state index in [9.17, 15) is 0 Å². The summed E-state index contributed by atoms with van der Waals surface area (Å²) in [6.45, 7) is 5.62. The molecule has 0 unspecified atom stereocenters. The van der Waals surface area contributed by atoms with Crippen LogP contribution in [0.15, 0.2) is 12.1 Å². The molecule has 3 nitrogen and oxygen atoms in total. The van der Waals surface area contributed by atoms with Crippen molar-refractivity contribution in [3.05, 3.63) is 23.3 Å². The molecule has 0 aliphatic heterocycles. The topological polar surface area (TPSA) is 50.9 Å². The first-order chi connectivity index (χ1) is 7.20. The summed E-state index contributed by atoms with van der Waals surface area (Å²) in [5, 5.41) is 4.18. The number of aryl methyl sites for hydroxylation is 2. The normalized spacial score (nSPS) is 10.9. The van der Waals surface area contributed by atoms with Crippen molar-refractivity contribution in [3.8, 4) is 0 Å². The zero-order valence-electron chi connectivity index (χ0n) is 9.00. The average Bonchev–Trinajstić information content (AvgIpc) is 2.57. The van der Waals surface area contributed by atoms with Crippen LogP contribution in [0.25, 0.3) is 10.2 Å². The van der Waals surface area contributed by atoms with Crippen molar-refractivity contribution < 1.29 is 0 Å². The van der Waals surface area contributed by atoms with Crippen LogP contribution >= 0.6 is 11.3 Å². The van der Waals surface area contributed by atoms with E-state index >= 15 is 0 Å². The van der Waals surface area contributed by atoms with Crippen molar-refractivity contribution in [3.63, 3.8) is 0 Å². The third kappa shape index (κ3) is 2.11. The van der Waals surface area contributed by atoms with Gasteiger partial charge >= 0.3 is 0 Å². The zero-order chi connectivity index (χ0) is 10.8. The van der Waals surface area contributed by atoms with E-state index in [2.05, 4.69) is 36.3 Å². The lowest BCUT2D eigenvalue weighted by Crippen LogP contribution is -2.12. The predicted octanol–water partition coefficient (Wildman–Crippen LogP) is 2.28. The summed E-state index contributed by atoms with van der Waals surface area (Å²) in [6.07, 6.45) is 0. The molecule has 0 radical (unpaired) electrons. The highest BCUT2D eigenvalue weighted by Gasteiger charge is 2.05. The summed E-state index contributed by atoms with van der Waals surface area (Å²) in [6, 6.07) is 4.34. The Morgan fingerprint density at radius 3 is 2.93 bits per heavy atom. The highest BCUT2D eigenvalue weighted by Crippen LogP contribution is 2.28. The van der Waals surface area contributed by atoms with Crippen LogP contribution in [-0.4, -0.2) is 18.1 Å². The van der Waals surface area contributed by atoms with E-state index in [-0.39, 0.29) is 0 Å². The molecule has 0 bridgehead atoms. The van der Waals surface area contributed by atoms with Crippen LogP contribution < -0.4 is 11.1 Å². The number of hydrogen-bond donors (Lipinski definition) is 2. The third-order valence-corrected chi connectivity index (χ3v) is 3.21. The second-order valence-electron chi connectivity index (χ2n) is 3.66. The van der Waals surface area contributed by atoms with E-state index in [4.69, 9.17) is 5.73 Å². The minimum Gasteiger partial charge on any atom is -0.360 e. The fraction of sp³-hybridized carbons (Fsp3) is 0.364. The fourth-order valence-electron chi connectivity index (χ4n) is 1.63. The molecule has 0 saturated heterocycles. The first kappa shape index (κ1) is 10.4. The largest absolute Gasteiger partial charge is 0.360 e. The van der Waals surface area contributed by atoms with Gasteiger partial charge in [0.15, 0.2) is 5.13 Å². The molecule has 15 heavy (non-hydrogen) atoms. The van der Waals surface area contributed by atoms with Gasteiger partial charge in [-0.15, -0.1) is 0 Å². The molecule has 0 amide bonds. The quantitative estimate of drug-likeness (QED) is 0.836. The van der Waals surface area contributed by atoms with Gasteiger partial charge in [0.1, 0.15) is 0 Å². The number of anilines is 1. The SMILES string of the molecule is Cc1cc(C)c2nc(NCCN)sc2c1. The van der Waals surface area contributed by atoms with E-state index in [0.29, 0.717) is 6.54 Å². The Labute approximate surface area is 93.3 Å². The number of nitrogens with one attached hydrogen (secondary N) is 1. The van der Waals surface area contributed by atoms with Crippen molar-refractivity contribution in [2.45, 2.75) is 13.8 Å². The number of nitrogens with two attached hydrogens (primary N) is 1. The van der Waals surface area contributed by atoms with Gasteiger partial charge in [-0.2, -0.15) is 0 Å². The smallest absolute Gasteiger partial charge is 0.183 e. The van der Waals surface area contributed by atoms with Crippen molar-refractivity contribution in [1.82, 2.24) is 4.98 Å². The molecule has 2 rings (SSSR count). The molecule has 2 aromatic rings. The summed E-state index contributed by atoms with van der Waals surface area (Å²) in [5.41, 5.74) is 9.07. The van der Waals surface area contributed by atoms with Crippen LogP contribution in [0.4, 0.5) is 5.13 Å². The number of thiazole rings is 1. The summed E-state index contributed by atoms with van der Waals surface area (Å²) in [7, 11) is 0. The average molecular weight is 221 g/mol. The number of hydrogen-bond acceptors (Lipinski definition) is 4. The molecular weight excluding hydrogens is 206 g/mol. The van der Waals surface area contributed by atoms with Gasteiger partial charge in [0.2, 0.25) is 0 Å². The van der Waals surface area contributed by atoms with E-state index in [1.807, 2.05) is 0 Å². The van der Waals surface area contributed by atoms with Crippen molar-refractivity contribution in [1.29, 1.82) is 0 Å². The maximum Gasteiger partial charge on any atom is 0.183 e. The molecule has 0 atom stereocenters. The lowest BCUT2D eigenvalue weighted by atomic mass is 10.1. The summed E-state index contributed by atoms with van der Waals surface area (Å²) in [5.74, 6) is 0. The highest BCUT2D eigenvalue weighted by molar-refractivity contribution is 7.22. The van der Waals surface area contributed by atoms with E-state index in [0.717, 1.165) is 17.2 Å². The van der Waals surface area contributed by atoms with E-state index in [1.165, 1.54) is 15.8 Å². The summed E-state index contributed by atoms with van der Waals surface area (Å²) in [4.78, 5) is 4.54. The molecule has 0 aliphatic rings. The Hall–Kier alpha value is -1.13. The zero-order valence-corrected chi connectivity index (χ0v) is 9.82. The molecule has 1 heterocycles. The van der Waals surface area contributed by atoms with Crippen LogP contribution in [0.1, 0.15) is 11.1 Å². The van der Waals surface area contributed by atoms with Gasteiger partial charge in [0.25, 0.3) is 0 Å². The van der Waals surface area contributed by atoms with Crippen LogP contribution in [0.2, 0.25) is 0 Å². The Morgan fingerprint density at radius 2 is 2.20 bits per heavy atom. The number of benzene rings is 1. The first-order valence-corrected chi connectivity index (χ1v) is 5.84. The number of nitrogens with zero attached hydrogens (tertiary/aromatic N) is 1. The van der Waals surface area contributed by atoms with Crippen LogP contribution in [-0.2, 0) is 0 Å². The Balaban J connectivity index is 2.41. The molecule has 4 heteroatoms. The summed E-state index contributed by atoms with van der Waals surface area (Å²) < 4.78 is 1.24. The lowest BCUT2D eigenvalue weighted by molar-refractivity contribution is 1.02. The van der Waals surface area contributed by atoms with Crippen molar-refractivity contribution in [2.75, 3.05) is 18.4 Å². The molecule has 3 N–H and O–H groups in total. The predicted molar refractivity (Wildman–Crippen MR) is 66.6 cm³/mol. The van der Waals surface area contributed by atoms with Crippen molar-refractivity contribution >= 4 is 26.7 Å². The van der Waals surface area contributed by atoms with E-state index in [1.54, 1.807) is 11.3 Å². The lowest BCUT2D eigenvalue weighted by Gasteiger charge is -1.96. The minimum atomic E-state index is 0.633. The molecule has 80 valence electrons. The third-order valence-electron chi connectivity index (χ3n) is 2.25. The van der Waals surface area contributed by atoms with Gasteiger partial charge in [0.05, 0.1) is 10.2 Å². The van der Waals surface area contributed by atoms with Gasteiger partial charge in [-0.05, 0) is 31.0 Å². The molecular formula is C11H15N3S. The number of aromatic nitrogens is 1. The first-order valence-electron chi connectivity index (χ1n) is 5.02. The second-order valence-corrected chi connectivity index (χ2v) is 4.69.